The van der Waals surface area contributed by atoms with E-state index in [0.29, 0.717) is 37.5 Å². The number of nitrogens with zero attached hydrogens (tertiary/aromatic N) is 2. The Morgan fingerprint density at radius 2 is 1.81 bits per heavy atom. The maximum absolute atomic E-state index is 12.3. The molecule has 2 heterocycles. The number of amidine groups is 1. The standard InChI is InChI=1S/C22H29N7O3/c1-2-17(30)24-10-4-3-5-11-25-20(31)14-6-8-16(9-7-14)26-12-15-13-27-19-18(15)21(32)29-22(23)28-19/h6-9,13,18,26H,2-5,10-12H2,1H3,(H,24,30)(H,25,31)(H3,23,27,28,29,32). The van der Waals surface area contributed by atoms with Gasteiger partial charge in [0.15, 0.2) is 0 Å². The lowest BCUT2D eigenvalue weighted by molar-refractivity contribution is -0.121. The Morgan fingerprint density at radius 1 is 1.09 bits per heavy atom. The summed E-state index contributed by atoms with van der Waals surface area (Å²) < 4.78 is 0. The molecule has 0 aliphatic carbocycles. The van der Waals surface area contributed by atoms with Crippen LogP contribution in [-0.4, -0.2) is 49.2 Å². The average molecular weight is 440 g/mol. The number of carbonyl (C=O) groups is 3. The first-order chi connectivity index (χ1) is 15.5. The second-order valence-corrected chi connectivity index (χ2v) is 7.56. The van der Waals surface area contributed by atoms with Gasteiger partial charge in [-0.25, -0.2) is 4.99 Å². The number of fused-ring (bicyclic) bond motifs is 1. The van der Waals surface area contributed by atoms with E-state index in [2.05, 4.69) is 31.3 Å². The smallest absolute Gasteiger partial charge is 0.251 e. The fraction of sp³-hybridized carbons (Fsp3) is 0.409. The number of rotatable bonds is 11. The molecule has 170 valence electrons. The molecule has 0 saturated carbocycles. The molecule has 0 spiro atoms. The van der Waals surface area contributed by atoms with E-state index in [1.807, 2.05) is 19.1 Å². The Kier molecular flexibility index (Phi) is 7.96. The van der Waals surface area contributed by atoms with Crippen LogP contribution in [0, 0.1) is 5.92 Å². The summed E-state index contributed by atoms with van der Waals surface area (Å²) in [5.74, 6) is -0.361. The molecule has 2 aliphatic heterocycles. The Balaban J connectivity index is 1.37. The monoisotopic (exact) mass is 439 g/mol. The number of amides is 3. The van der Waals surface area contributed by atoms with Crippen LogP contribution in [0.25, 0.3) is 0 Å². The van der Waals surface area contributed by atoms with Crippen molar-refractivity contribution in [1.82, 2.24) is 16.0 Å². The zero-order valence-corrected chi connectivity index (χ0v) is 18.1. The third kappa shape index (κ3) is 6.16. The van der Waals surface area contributed by atoms with Gasteiger partial charge in [0.1, 0.15) is 11.8 Å². The van der Waals surface area contributed by atoms with Gasteiger partial charge < -0.3 is 21.7 Å². The zero-order chi connectivity index (χ0) is 22.9. The highest BCUT2D eigenvalue weighted by molar-refractivity contribution is 6.19. The summed E-state index contributed by atoms with van der Waals surface area (Å²) >= 11 is 0. The van der Waals surface area contributed by atoms with Crippen LogP contribution in [0.3, 0.4) is 0 Å². The average Bonchev–Trinajstić information content (AvgIpc) is 3.20. The second-order valence-electron chi connectivity index (χ2n) is 7.56. The molecular formula is C22H29N7O3. The van der Waals surface area contributed by atoms with Crippen molar-refractivity contribution in [2.75, 3.05) is 25.0 Å². The van der Waals surface area contributed by atoms with E-state index in [0.717, 1.165) is 30.5 Å². The number of hydrogen-bond acceptors (Lipinski definition) is 7. The Labute approximate surface area is 186 Å². The summed E-state index contributed by atoms with van der Waals surface area (Å²) in [6.45, 7) is 3.51. The van der Waals surface area contributed by atoms with Crippen molar-refractivity contribution in [1.29, 1.82) is 0 Å². The van der Waals surface area contributed by atoms with Crippen molar-refractivity contribution in [2.24, 2.45) is 21.6 Å². The van der Waals surface area contributed by atoms with Gasteiger partial charge in [-0.1, -0.05) is 6.92 Å². The Hall–Kier alpha value is -3.69. The second kappa shape index (κ2) is 11.1. The first kappa shape index (κ1) is 23.0. The molecule has 10 heteroatoms. The highest BCUT2D eigenvalue weighted by Gasteiger charge is 2.35. The van der Waals surface area contributed by atoms with Gasteiger partial charge in [0.2, 0.25) is 17.8 Å². The number of benzene rings is 1. The highest BCUT2D eigenvalue weighted by atomic mass is 16.2. The molecule has 2 aliphatic rings. The van der Waals surface area contributed by atoms with Crippen molar-refractivity contribution in [3.8, 4) is 0 Å². The van der Waals surface area contributed by atoms with Gasteiger partial charge >= 0.3 is 0 Å². The maximum Gasteiger partial charge on any atom is 0.251 e. The number of anilines is 1. The van der Waals surface area contributed by atoms with E-state index >= 15 is 0 Å². The molecule has 0 bridgehead atoms. The van der Waals surface area contributed by atoms with Gasteiger partial charge in [-0.3, -0.25) is 19.7 Å². The van der Waals surface area contributed by atoms with Crippen LogP contribution in [0.4, 0.5) is 5.69 Å². The van der Waals surface area contributed by atoms with Gasteiger partial charge in [0, 0.05) is 43.5 Å². The molecule has 1 atom stereocenters. The highest BCUT2D eigenvalue weighted by Crippen LogP contribution is 2.24. The minimum Gasteiger partial charge on any atom is -0.381 e. The number of nitrogens with two attached hydrogens (primary N) is 1. The summed E-state index contributed by atoms with van der Waals surface area (Å²) in [7, 11) is 0. The van der Waals surface area contributed by atoms with Crippen LogP contribution in [0.1, 0.15) is 43.0 Å². The van der Waals surface area contributed by atoms with Crippen LogP contribution >= 0.6 is 0 Å². The van der Waals surface area contributed by atoms with Crippen molar-refractivity contribution in [3.63, 3.8) is 0 Å². The lowest BCUT2D eigenvalue weighted by Crippen LogP contribution is -2.47. The van der Waals surface area contributed by atoms with Crippen molar-refractivity contribution < 1.29 is 14.4 Å². The van der Waals surface area contributed by atoms with Gasteiger partial charge in [-0.2, -0.15) is 4.99 Å². The Morgan fingerprint density at radius 3 is 2.53 bits per heavy atom. The maximum atomic E-state index is 12.3. The number of nitrogens with one attached hydrogen (secondary N) is 4. The number of unbranched alkanes of at least 4 members (excludes halogenated alkanes) is 2. The summed E-state index contributed by atoms with van der Waals surface area (Å²) in [4.78, 5) is 43.8. The van der Waals surface area contributed by atoms with E-state index in [1.54, 1.807) is 18.3 Å². The zero-order valence-electron chi connectivity index (χ0n) is 18.1. The fourth-order valence-corrected chi connectivity index (χ4v) is 3.37. The van der Waals surface area contributed by atoms with E-state index in [4.69, 9.17) is 5.73 Å². The largest absolute Gasteiger partial charge is 0.381 e. The predicted molar refractivity (Wildman–Crippen MR) is 123 cm³/mol. The number of carbonyl (C=O) groups excluding carboxylic acids is 3. The molecule has 1 unspecified atom stereocenters. The molecule has 32 heavy (non-hydrogen) atoms. The van der Waals surface area contributed by atoms with Crippen LogP contribution in [0.2, 0.25) is 0 Å². The van der Waals surface area contributed by atoms with Gasteiger partial charge in [-0.15, -0.1) is 0 Å². The van der Waals surface area contributed by atoms with Crippen molar-refractivity contribution in [3.05, 3.63) is 41.6 Å². The Bertz CT molecular complexity index is 951. The number of aliphatic imine (C=N–C) groups is 2. The molecule has 0 aromatic heterocycles. The van der Waals surface area contributed by atoms with Crippen LogP contribution in [0.5, 0.6) is 0 Å². The SMILES string of the molecule is CCC(=O)NCCCCCNC(=O)c1ccc(NCC2=CN=C3N=C(N)NC(=O)C23)cc1. The van der Waals surface area contributed by atoms with Gasteiger partial charge in [-0.05, 0) is 49.1 Å². The van der Waals surface area contributed by atoms with E-state index in [9.17, 15) is 14.4 Å². The van der Waals surface area contributed by atoms with E-state index in [1.165, 1.54) is 0 Å². The summed E-state index contributed by atoms with van der Waals surface area (Å²) in [5.41, 5.74) is 7.75. The van der Waals surface area contributed by atoms with Gasteiger partial charge in [0.25, 0.3) is 5.91 Å². The van der Waals surface area contributed by atoms with E-state index in [-0.39, 0.29) is 23.7 Å². The molecule has 1 aromatic carbocycles. The molecule has 0 fully saturated rings. The van der Waals surface area contributed by atoms with Crippen molar-refractivity contribution in [2.45, 2.75) is 32.6 Å². The van der Waals surface area contributed by atoms with E-state index < -0.39 is 5.92 Å². The first-order valence-corrected chi connectivity index (χ1v) is 10.8. The minimum absolute atomic E-state index is 0.0574. The summed E-state index contributed by atoms with van der Waals surface area (Å²) in [6, 6.07) is 7.14. The summed E-state index contributed by atoms with van der Waals surface area (Å²) in [6.07, 6.45) is 4.82. The molecule has 1 aromatic rings. The molecule has 0 radical (unpaired) electrons. The van der Waals surface area contributed by atoms with Crippen molar-refractivity contribution >= 4 is 35.2 Å². The lowest BCUT2D eigenvalue weighted by atomic mass is 9.98. The molecular weight excluding hydrogens is 410 g/mol. The van der Waals surface area contributed by atoms with Crippen LogP contribution in [0.15, 0.2) is 46.0 Å². The normalized spacial score (nSPS) is 16.8. The third-order valence-electron chi connectivity index (χ3n) is 5.17. The minimum atomic E-state index is -0.525. The molecule has 3 amide bonds. The molecule has 6 N–H and O–H groups in total. The third-order valence-corrected chi connectivity index (χ3v) is 5.17. The number of guanidine groups is 1. The fourth-order valence-electron chi connectivity index (χ4n) is 3.37. The van der Waals surface area contributed by atoms with Crippen LogP contribution in [-0.2, 0) is 9.59 Å². The quantitative estimate of drug-likeness (QED) is 0.324. The molecule has 3 rings (SSSR count). The predicted octanol–water partition coefficient (Wildman–Crippen LogP) is 0.882. The van der Waals surface area contributed by atoms with Gasteiger partial charge in [0.05, 0.1) is 0 Å². The molecule has 10 nitrogen and oxygen atoms in total. The lowest BCUT2D eigenvalue weighted by Gasteiger charge is -2.20. The number of hydrogen-bond donors (Lipinski definition) is 5. The first-order valence-electron chi connectivity index (χ1n) is 10.8. The molecule has 0 saturated heterocycles. The van der Waals surface area contributed by atoms with Crippen LogP contribution < -0.4 is 27.0 Å². The topological polar surface area (TPSA) is 150 Å². The summed E-state index contributed by atoms with van der Waals surface area (Å²) in [5, 5.41) is 11.5.